The Morgan fingerprint density at radius 1 is 1.10 bits per heavy atom. The van der Waals surface area contributed by atoms with E-state index >= 15 is 0 Å². The Hall–Kier alpha value is -3.48. The van der Waals surface area contributed by atoms with Crippen LogP contribution in [-0.4, -0.2) is 31.8 Å². The fourth-order valence-corrected chi connectivity index (χ4v) is 3.34. The van der Waals surface area contributed by atoms with E-state index in [0.717, 1.165) is 6.42 Å². The van der Waals surface area contributed by atoms with Crippen LogP contribution in [0.1, 0.15) is 44.4 Å². The van der Waals surface area contributed by atoms with Gasteiger partial charge in [0.15, 0.2) is 11.5 Å². The Balaban J connectivity index is 2.14. The summed E-state index contributed by atoms with van der Waals surface area (Å²) in [6.07, 6.45) is 0.524. The molecule has 0 aliphatic carbocycles. The van der Waals surface area contributed by atoms with Gasteiger partial charge in [-0.3, -0.25) is 0 Å². The Kier molecular flexibility index (Phi) is 7.18. The molecule has 7 heteroatoms. The van der Waals surface area contributed by atoms with Gasteiger partial charge in [0.2, 0.25) is 0 Å². The van der Waals surface area contributed by atoms with Crippen molar-refractivity contribution in [2.75, 3.05) is 13.7 Å². The van der Waals surface area contributed by atoms with E-state index in [2.05, 4.69) is 10.6 Å². The van der Waals surface area contributed by atoms with Crippen molar-refractivity contribution in [3.8, 4) is 11.5 Å². The van der Waals surface area contributed by atoms with E-state index in [1.165, 1.54) is 0 Å². The maximum atomic E-state index is 13.1. The Morgan fingerprint density at radius 2 is 1.84 bits per heavy atom. The second-order valence-electron chi connectivity index (χ2n) is 7.40. The average Bonchev–Trinajstić information content (AvgIpc) is 2.76. The molecule has 1 unspecified atom stereocenters. The monoisotopic (exact) mass is 424 g/mol. The number of carbonyl (C=O) groups excluding carboxylic acids is 2. The van der Waals surface area contributed by atoms with Crippen molar-refractivity contribution in [2.45, 2.75) is 39.3 Å². The molecule has 2 amide bonds. The summed E-state index contributed by atoms with van der Waals surface area (Å²) < 4.78 is 16.7. The van der Waals surface area contributed by atoms with Crippen LogP contribution in [0.2, 0.25) is 0 Å². The molecule has 0 saturated heterocycles. The summed E-state index contributed by atoms with van der Waals surface area (Å²) in [6, 6.07) is 13.5. The van der Waals surface area contributed by atoms with Gasteiger partial charge in [-0.15, -0.1) is 0 Å². The van der Waals surface area contributed by atoms with Crippen molar-refractivity contribution in [3.63, 3.8) is 0 Å². The van der Waals surface area contributed by atoms with Crippen molar-refractivity contribution >= 4 is 17.7 Å². The molecular formula is C24H28N2O5. The number of benzene rings is 2. The predicted octanol–water partition coefficient (Wildman–Crippen LogP) is 4.20. The quantitative estimate of drug-likeness (QED) is 0.621. The lowest BCUT2D eigenvalue weighted by molar-refractivity contribution is -0.143. The molecule has 164 valence electrons. The Morgan fingerprint density at radius 3 is 2.48 bits per heavy atom. The van der Waals surface area contributed by atoms with Crippen LogP contribution in [0.4, 0.5) is 4.79 Å². The van der Waals surface area contributed by atoms with Crippen LogP contribution < -0.4 is 20.1 Å². The number of methoxy groups -OCH3 is 1. The van der Waals surface area contributed by atoms with E-state index in [0.29, 0.717) is 40.5 Å². The average molecular weight is 424 g/mol. The van der Waals surface area contributed by atoms with Crippen LogP contribution in [0.5, 0.6) is 11.5 Å². The number of hydrogen-bond donors (Lipinski definition) is 2. The third-order valence-electron chi connectivity index (χ3n) is 4.68. The first kappa shape index (κ1) is 22.2. The number of hydrogen-bond acceptors (Lipinski definition) is 5. The van der Waals surface area contributed by atoms with Gasteiger partial charge >= 0.3 is 12.0 Å². The smallest absolute Gasteiger partial charge is 0.338 e. The van der Waals surface area contributed by atoms with Gasteiger partial charge in [0, 0.05) is 0 Å². The molecule has 0 fully saturated rings. The fourth-order valence-electron chi connectivity index (χ4n) is 3.34. The normalized spacial score (nSPS) is 15.9. The second-order valence-corrected chi connectivity index (χ2v) is 7.40. The number of nitrogens with one attached hydrogen (secondary N) is 2. The van der Waals surface area contributed by atoms with Gasteiger partial charge in [-0.2, -0.15) is 0 Å². The highest BCUT2D eigenvalue weighted by atomic mass is 16.5. The topological polar surface area (TPSA) is 85.9 Å². The number of rotatable bonds is 8. The maximum Gasteiger partial charge on any atom is 0.338 e. The molecule has 1 aliphatic rings. The maximum absolute atomic E-state index is 13.1. The first-order valence-electron chi connectivity index (χ1n) is 10.3. The van der Waals surface area contributed by atoms with E-state index in [-0.39, 0.29) is 6.10 Å². The van der Waals surface area contributed by atoms with Crippen molar-refractivity contribution in [1.29, 1.82) is 0 Å². The van der Waals surface area contributed by atoms with Crippen LogP contribution >= 0.6 is 0 Å². The van der Waals surface area contributed by atoms with Crippen LogP contribution in [0, 0.1) is 0 Å². The Bertz CT molecular complexity index is 969. The molecule has 31 heavy (non-hydrogen) atoms. The van der Waals surface area contributed by atoms with E-state index in [9.17, 15) is 9.59 Å². The zero-order valence-corrected chi connectivity index (χ0v) is 18.2. The largest absolute Gasteiger partial charge is 0.493 e. The number of urea groups is 1. The van der Waals surface area contributed by atoms with Crippen molar-refractivity contribution in [2.24, 2.45) is 0 Å². The summed E-state index contributed by atoms with van der Waals surface area (Å²) in [6.45, 7) is 6.10. The molecule has 3 rings (SSSR count). The minimum Gasteiger partial charge on any atom is -0.493 e. The molecule has 0 bridgehead atoms. The first-order valence-corrected chi connectivity index (χ1v) is 10.3. The standard InChI is InChI=1S/C24H28N2O5/c1-5-13-30-19-14-17(11-12-18(19)29-4)22-20(23(27)31-15(2)3)21(25-24(28)26-22)16-9-7-6-8-10-16/h6-12,14-15,22H,5,13H2,1-4H3,(H2,25,26,28). The van der Waals surface area contributed by atoms with Crippen LogP contribution in [0.25, 0.3) is 5.70 Å². The second kappa shape index (κ2) is 10.0. The zero-order valence-electron chi connectivity index (χ0n) is 18.2. The van der Waals surface area contributed by atoms with Gasteiger partial charge in [-0.1, -0.05) is 43.3 Å². The molecule has 0 spiro atoms. The van der Waals surface area contributed by atoms with Crippen molar-refractivity contribution in [3.05, 3.63) is 65.2 Å². The molecule has 0 radical (unpaired) electrons. The van der Waals surface area contributed by atoms with Crippen LogP contribution in [-0.2, 0) is 9.53 Å². The minimum atomic E-state index is -0.718. The van der Waals surface area contributed by atoms with E-state index < -0.39 is 18.0 Å². The lowest BCUT2D eigenvalue weighted by Crippen LogP contribution is -2.45. The summed E-state index contributed by atoms with van der Waals surface area (Å²) >= 11 is 0. The first-order chi connectivity index (χ1) is 14.9. The lowest BCUT2D eigenvalue weighted by Gasteiger charge is -2.30. The van der Waals surface area contributed by atoms with Gasteiger partial charge in [0.1, 0.15) is 0 Å². The highest BCUT2D eigenvalue weighted by Gasteiger charge is 2.35. The molecule has 1 atom stereocenters. The summed E-state index contributed by atoms with van der Waals surface area (Å²) in [4.78, 5) is 25.7. The number of esters is 1. The number of carbonyl (C=O) groups is 2. The summed E-state index contributed by atoms with van der Waals surface area (Å²) in [5.41, 5.74) is 2.15. The summed E-state index contributed by atoms with van der Waals surface area (Å²) in [5, 5.41) is 5.63. The predicted molar refractivity (Wildman–Crippen MR) is 118 cm³/mol. The summed E-state index contributed by atoms with van der Waals surface area (Å²) in [7, 11) is 1.57. The zero-order chi connectivity index (χ0) is 22.4. The van der Waals surface area contributed by atoms with E-state index in [1.807, 2.05) is 37.3 Å². The summed E-state index contributed by atoms with van der Waals surface area (Å²) in [5.74, 6) is 0.627. The molecule has 1 aliphatic heterocycles. The van der Waals surface area contributed by atoms with Gasteiger partial charge in [0.05, 0.1) is 37.1 Å². The fraction of sp³-hybridized carbons (Fsp3) is 0.333. The highest BCUT2D eigenvalue weighted by Crippen LogP contribution is 2.36. The molecule has 2 N–H and O–H groups in total. The third kappa shape index (κ3) is 5.17. The highest BCUT2D eigenvalue weighted by molar-refractivity contribution is 6.04. The van der Waals surface area contributed by atoms with Gasteiger partial charge in [-0.05, 0) is 43.5 Å². The van der Waals surface area contributed by atoms with E-state index in [4.69, 9.17) is 14.2 Å². The third-order valence-corrected chi connectivity index (χ3v) is 4.68. The molecule has 0 saturated carbocycles. The van der Waals surface area contributed by atoms with E-state index in [1.54, 1.807) is 39.2 Å². The van der Waals surface area contributed by atoms with Crippen molar-refractivity contribution < 1.29 is 23.8 Å². The molecule has 1 heterocycles. The lowest BCUT2D eigenvalue weighted by atomic mass is 9.92. The molecule has 2 aromatic rings. The van der Waals surface area contributed by atoms with Crippen molar-refractivity contribution in [1.82, 2.24) is 10.6 Å². The molecular weight excluding hydrogens is 396 g/mol. The minimum absolute atomic E-state index is 0.311. The number of amides is 2. The van der Waals surface area contributed by atoms with Gasteiger partial charge < -0.3 is 24.8 Å². The van der Waals surface area contributed by atoms with Crippen LogP contribution in [0.15, 0.2) is 54.1 Å². The van der Waals surface area contributed by atoms with Crippen LogP contribution in [0.3, 0.4) is 0 Å². The number of ether oxygens (including phenoxy) is 3. The molecule has 7 nitrogen and oxygen atoms in total. The SMILES string of the molecule is CCCOc1cc(C2NC(=O)NC(c3ccccc3)=C2C(=O)OC(C)C)ccc1OC. The Labute approximate surface area is 182 Å². The van der Waals surface area contributed by atoms with Gasteiger partial charge in [0.25, 0.3) is 0 Å². The molecule has 2 aromatic carbocycles. The van der Waals surface area contributed by atoms with Gasteiger partial charge in [-0.25, -0.2) is 9.59 Å². The molecule has 0 aromatic heterocycles.